The summed E-state index contributed by atoms with van der Waals surface area (Å²) in [4.78, 5) is 22.8. The SMILES string of the molecule is CCOC(=O)c1c(C=O)ccc2ccccc12. The van der Waals surface area contributed by atoms with Gasteiger partial charge in [0.1, 0.15) is 0 Å². The summed E-state index contributed by atoms with van der Waals surface area (Å²) in [6.07, 6.45) is 0.679. The summed E-state index contributed by atoms with van der Waals surface area (Å²) in [7, 11) is 0. The molecule has 0 spiro atoms. The topological polar surface area (TPSA) is 43.4 Å². The summed E-state index contributed by atoms with van der Waals surface area (Å²) in [5, 5.41) is 1.66. The van der Waals surface area contributed by atoms with Crippen LogP contribution in [0, 0.1) is 0 Å². The van der Waals surface area contributed by atoms with E-state index in [2.05, 4.69) is 0 Å². The number of carbonyl (C=O) groups is 2. The second-order valence-electron chi connectivity index (χ2n) is 3.59. The fourth-order valence-electron chi connectivity index (χ4n) is 1.82. The van der Waals surface area contributed by atoms with Crippen LogP contribution in [0.5, 0.6) is 0 Å². The highest BCUT2D eigenvalue weighted by atomic mass is 16.5. The average Bonchev–Trinajstić information content (AvgIpc) is 2.37. The molecule has 0 aliphatic carbocycles. The summed E-state index contributed by atoms with van der Waals surface area (Å²) in [6, 6.07) is 10.9. The number of ether oxygens (including phenoxy) is 1. The van der Waals surface area contributed by atoms with Crippen LogP contribution in [0.25, 0.3) is 10.8 Å². The van der Waals surface area contributed by atoms with Crippen molar-refractivity contribution < 1.29 is 14.3 Å². The highest BCUT2D eigenvalue weighted by molar-refractivity contribution is 6.10. The summed E-state index contributed by atoms with van der Waals surface area (Å²) in [5.74, 6) is -0.452. The minimum absolute atomic E-state index is 0.292. The van der Waals surface area contributed by atoms with Gasteiger partial charge in [-0.1, -0.05) is 36.4 Å². The molecule has 2 rings (SSSR count). The van der Waals surface area contributed by atoms with Gasteiger partial charge >= 0.3 is 5.97 Å². The van der Waals surface area contributed by atoms with Gasteiger partial charge in [-0.25, -0.2) is 4.79 Å². The Bertz CT molecular complexity index is 573. The number of fused-ring (bicyclic) bond motifs is 1. The number of esters is 1. The van der Waals surface area contributed by atoms with Gasteiger partial charge in [-0.15, -0.1) is 0 Å². The molecule has 0 aromatic heterocycles. The zero-order chi connectivity index (χ0) is 12.3. The van der Waals surface area contributed by atoms with Gasteiger partial charge in [0.25, 0.3) is 0 Å². The third kappa shape index (κ3) is 2.04. The fraction of sp³-hybridized carbons (Fsp3) is 0.143. The van der Waals surface area contributed by atoms with Gasteiger partial charge < -0.3 is 4.74 Å². The standard InChI is InChI=1S/C14H12O3/c1-2-17-14(16)13-11(9-15)8-7-10-5-3-4-6-12(10)13/h3-9H,2H2,1H3. The van der Waals surface area contributed by atoms with Crippen LogP contribution in [0.15, 0.2) is 36.4 Å². The van der Waals surface area contributed by atoms with E-state index >= 15 is 0 Å². The molecule has 3 heteroatoms. The van der Waals surface area contributed by atoms with Crippen molar-refractivity contribution in [3.8, 4) is 0 Å². The maximum Gasteiger partial charge on any atom is 0.339 e. The lowest BCUT2D eigenvalue weighted by molar-refractivity contribution is 0.0526. The molecule has 0 fully saturated rings. The quantitative estimate of drug-likeness (QED) is 0.599. The molecule has 2 aromatic rings. The zero-order valence-electron chi connectivity index (χ0n) is 9.47. The molecular formula is C14H12O3. The Morgan fingerprint density at radius 3 is 2.71 bits per heavy atom. The lowest BCUT2D eigenvalue weighted by Crippen LogP contribution is -2.08. The van der Waals surface area contributed by atoms with Crippen molar-refractivity contribution in [1.29, 1.82) is 0 Å². The minimum Gasteiger partial charge on any atom is -0.462 e. The van der Waals surface area contributed by atoms with E-state index in [1.54, 1.807) is 13.0 Å². The summed E-state index contributed by atoms with van der Waals surface area (Å²) in [5.41, 5.74) is 0.710. The summed E-state index contributed by atoms with van der Waals surface area (Å²) >= 11 is 0. The lowest BCUT2D eigenvalue weighted by atomic mass is 10.00. The maximum absolute atomic E-state index is 11.9. The molecule has 0 aliphatic rings. The number of hydrogen-bond acceptors (Lipinski definition) is 3. The van der Waals surface area contributed by atoms with Crippen molar-refractivity contribution in [1.82, 2.24) is 0 Å². The number of carbonyl (C=O) groups excluding carboxylic acids is 2. The Morgan fingerprint density at radius 2 is 2.00 bits per heavy atom. The predicted molar refractivity (Wildman–Crippen MR) is 65.3 cm³/mol. The van der Waals surface area contributed by atoms with E-state index < -0.39 is 5.97 Å². The Kier molecular flexibility index (Phi) is 3.19. The maximum atomic E-state index is 11.9. The third-order valence-corrected chi connectivity index (χ3v) is 2.57. The Labute approximate surface area is 99.0 Å². The Balaban J connectivity index is 2.71. The fourth-order valence-corrected chi connectivity index (χ4v) is 1.82. The molecule has 0 saturated heterocycles. The predicted octanol–water partition coefficient (Wildman–Crippen LogP) is 2.83. The van der Waals surface area contributed by atoms with Crippen LogP contribution in [0.2, 0.25) is 0 Å². The van der Waals surface area contributed by atoms with Gasteiger partial charge in [-0.2, -0.15) is 0 Å². The second-order valence-corrected chi connectivity index (χ2v) is 3.59. The lowest BCUT2D eigenvalue weighted by Gasteiger charge is -2.08. The molecule has 0 N–H and O–H groups in total. The average molecular weight is 228 g/mol. The highest BCUT2D eigenvalue weighted by Crippen LogP contribution is 2.22. The molecular weight excluding hydrogens is 216 g/mol. The molecule has 86 valence electrons. The van der Waals surface area contributed by atoms with E-state index in [9.17, 15) is 9.59 Å². The van der Waals surface area contributed by atoms with Gasteiger partial charge in [0.05, 0.1) is 12.2 Å². The Hall–Kier alpha value is -2.16. The molecule has 0 atom stereocenters. The first-order valence-corrected chi connectivity index (χ1v) is 5.42. The molecule has 0 heterocycles. The van der Waals surface area contributed by atoms with Gasteiger partial charge in [0, 0.05) is 5.56 Å². The molecule has 0 aliphatic heterocycles. The van der Waals surface area contributed by atoms with Crippen molar-refractivity contribution in [3.05, 3.63) is 47.5 Å². The monoisotopic (exact) mass is 228 g/mol. The minimum atomic E-state index is -0.452. The first-order chi connectivity index (χ1) is 8.27. The number of benzene rings is 2. The highest BCUT2D eigenvalue weighted by Gasteiger charge is 2.15. The van der Waals surface area contributed by atoms with Crippen molar-refractivity contribution in [2.75, 3.05) is 6.61 Å². The van der Waals surface area contributed by atoms with E-state index in [1.807, 2.05) is 30.3 Å². The molecule has 0 bridgehead atoms. The van der Waals surface area contributed by atoms with Crippen LogP contribution in [-0.2, 0) is 4.74 Å². The van der Waals surface area contributed by atoms with Crippen LogP contribution in [0.4, 0.5) is 0 Å². The smallest absolute Gasteiger partial charge is 0.339 e. The summed E-state index contributed by atoms with van der Waals surface area (Å²) < 4.78 is 4.98. The van der Waals surface area contributed by atoms with Crippen molar-refractivity contribution in [3.63, 3.8) is 0 Å². The third-order valence-electron chi connectivity index (χ3n) is 2.57. The first kappa shape index (κ1) is 11.3. The van der Waals surface area contributed by atoms with Gasteiger partial charge in [-0.3, -0.25) is 4.79 Å². The van der Waals surface area contributed by atoms with E-state index in [1.165, 1.54) is 0 Å². The van der Waals surface area contributed by atoms with Gasteiger partial charge in [0.15, 0.2) is 6.29 Å². The van der Waals surface area contributed by atoms with Crippen LogP contribution in [0.1, 0.15) is 27.6 Å². The first-order valence-electron chi connectivity index (χ1n) is 5.42. The molecule has 3 nitrogen and oxygen atoms in total. The molecule has 2 aromatic carbocycles. The zero-order valence-corrected chi connectivity index (χ0v) is 9.47. The van der Waals surface area contributed by atoms with Crippen molar-refractivity contribution in [2.45, 2.75) is 6.92 Å². The van der Waals surface area contributed by atoms with E-state index in [0.717, 1.165) is 10.8 Å². The number of hydrogen-bond donors (Lipinski definition) is 0. The van der Waals surface area contributed by atoms with Crippen molar-refractivity contribution >= 4 is 23.0 Å². The van der Waals surface area contributed by atoms with Crippen molar-refractivity contribution in [2.24, 2.45) is 0 Å². The molecule has 0 radical (unpaired) electrons. The van der Waals surface area contributed by atoms with E-state index in [-0.39, 0.29) is 0 Å². The summed E-state index contributed by atoms with van der Waals surface area (Å²) in [6.45, 7) is 2.03. The molecule has 0 saturated carbocycles. The largest absolute Gasteiger partial charge is 0.462 e. The van der Waals surface area contributed by atoms with Crippen LogP contribution < -0.4 is 0 Å². The second kappa shape index (κ2) is 4.78. The normalized spacial score (nSPS) is 10.2. The van der Waals surface area contributed by atoms with E-state index in [4.69, 9.17) is 4.74 Å². The Morgan fingerprint density at radius 1 is 1.24 bits per heavy atom. The molecule has 0 unspecified atom stereocenters. The van der Waals surface area contributed by atoms with Crippen LogP contribution in [0.3, 0.4) is 0 Å². The van der Waals surface area contributed by atoms with Gasteiger partial charge in [0.2, 0.25) is 0 Å². The number of aldehydes is 1. The van der Waals surface area contributed by atoms with Crippen LogP contribution in [-0.4, -0.2) is 18.9 Å². The van der Waals surface area contributed by atoms with E-state index in [0.29, 0.717) is 24.0 Å². The van der Waals surface area contributed by atoms with Crippen LogP contribution >= 0.6 is 0 Å². The molecule has 17 heavy (non-hydrogen) atoms. The number of rotatable bonds is 3. The van der Waals surface area contributed by atoms with Gasteiger partial charge in [-0.05, 0) is 17.7 Å². The molecule has 0 amide bonds.